The van der Waals surface area contributed by atoms with Gasteiger partial charge in [-0.15, -0.1) is 0 Å². The molecule has 108 valence electrons. The van der Waals surface area contributed by atoms with Crippen molar-refractivity contribution in [2.24, 2.45) is 5.92 Å². The van der Waals surface area contributed by atoms with Crippen LogP contribution in [0.5, 0.6) is 0 Å². The first-order valence-corrected chi connectivity index (χ1v) is 6.59. The molecule has 2 atom stereocenters. The Bertz CT molecular complexity index is 685. The number of methoxy groups -OCH3 is 1. The second-order valence-corrected chi connectivity index (χ2v) is 5.07. The Kier molecular flexibility index (Phi) is 3.41. The highest BCUT2D eigenvalue weighted by atomic mass is 19.1. The van der Waals surface area contributed by atoms with Gasteiger partial charge in [-0.3, -0.25) is 9.78 Å². The monoisotopic (exact) mass is 289 g/mol. The fourth-order valence-corrected chi connectivity index (χ4v) is 2.46. The van der Waals surface area contributed by atoms with Crippen molar-refractivity contribution in [3.05, 3.63) is 53.7 Å². The molecular weight excluding hydrogens is 276 g/mol. The standard InChI is InChI=1S/C16H13F2NO2/c1-21-16(20)13-7-12(13)9-2-5-15(19-8-9)11-4-3-10(17)6-14(11)18/h2-6,8,12-13H,7H2,1H3. The first-order chi connectivity index (χ1) is 10.1. The minimum Gasteiger partial charge on any atom is -0.469 e. The van der Waals surface area contributed by atoms with Crippen LogP contribution in [0.4, 0.5) is 8.78 Å². The molecule has 1 aliphatic rings. The van der Waals surface area contributed by atoms with Gasteiger partial charge < -0.3 is 4.74 Å². The molecule has 1 heterocycles. The van der Waals surface area contributed by atoms with Crippen molar-refractivity contribution in [3.8, 4) is 11.3 Å². The van der Waals surface area contributed by atoms with Crippen molar-refractivity contribution < 1.29 is 18.3 Å². The molecular formula is C16H13F2NO2. The van der Waals surface area contributed by atoms with Gasteiger partial charge >= 0.3 is 5.97 Å². The normalized spacial score (nSPS) is 20.1. The van der Waals surface area contributed by atoms with E-state index in [0.29, 0.717) is 5.69 Å². The van der Waals surface area contributed by atoms with Crippen LogP contribution in [0.1, 0.15) is 17.9 Å². The van der Waals surface area contributed by atoms with Gasteiger partial charge in [0, 0.05) is 17.8 Å². The molecule has 21 heavy (non-hydrogen) atoms. The van der Waals surface area contributed by atoms with Gasteiger partial charge in [0.05, 0.1) is 18.7 Å². The highest BCUT2D eigenvalue weighted by molar-refractivity contribution is 5.77. The molecule has 1 aromatic heterocycles. The molecule has 1 saturated carbocycles. The van der Waals surface area contributed by atoms with Gasteiger partial charge in [-0.2, -0.15) is 0 Å². The third-order valence-corrected chi connectivity index (χ3v) is 3.72. The lowest BCUT2D eigenvalue weighted by atomic mass is 10.1. The predicted molar refractivity (Wildman–Crippen MR) is 72.5 cm³/mol. The molecule has 3 nitrogen and oxygen atoms in total. The first-order valence-electron chi connectivity index (χ1n) is 6.59. The smallest absolute Gasteiger partial charge is 0.309 e. The summed E-state index contributed by atoms with van der Waals surface area (Å²) in [5.41, 5.74) is 1.62. The molecule has 1 fully saturated rings. The van der Waals surface area contributed by atoms with E-state index in [9.17, 15) is 13.6 Å². The Balaban J connectivity index is 1.80. The Morgan fingerprint density at radius 1 is 1.29 bits per heavy atom. The number of carbonyl (C=O) groups excluding carboxylic acids is 1. The summed E-state index contributed by atoms with van der Waals surface area (Å²) in [6.07, 6.45) is 2.38. The van der Waals surface area contributed by atoms with Crippen molar-refractivity contribution in [2.75, 3.05) is 7.11 Å². The summed E-state index contributed by atoms with van der Waals surface area (Å²) in [5, 5.41) is 0. The molecule has 2 aromatic rings. The maximum absolute atomic E-state index is 13.7. The Morgan fingerprint density at radius 2 is 2.10 bits per heavy atom. The highest BCUT2D eigenvalue weighted by Crippen LogP contribution is 2.48. The molecule has 0 aliphatic heterocycles. The van der Waals surface area contributed by atoms with Gasteiger partial charge in [-0.25, -0.2) is 8.78 Å². The minimum atomic E-state index is -0.644. The fraction of sp³-hybridized carbons (Fsp3) is 0.250. The molecule has 2 unspecified atom stereocenters. The van der Waals surface area contributed by atoms with Crippen molar-refractivity contribution in [1.29, 1.82) is 0 Å². The van der Waals surface area contributed by atoms with Crippen LogP contribution < -0.4 is 0 Å². The van der Waals surface area contributed by atoms with Crippen LogP contribution >= 0.6 is 0 Å². The number of halogens is 2. The Hall–Kier alpha value is -2.30. The highest BCUT2D eigenvalue weighted by Gasteiger charge is 2.45. The van der Waals surface area contributed by atoms with Crippen LogP contribution in [-0.4, -0.2) is 18.1 Å². The molecule has 3 rings (SSSR count). The van der Waals surface area contributed by atoms with E-state index in [1.54, 1.807) is 12.3 Å². The van der Waals surface area contributed by atoms with E-state index in [1.165, 1.54) is 19.2 Å². The number of nitrogens with zero attached hydrogens (tertiary/aromatic N) is 1. The van der Waals surface area contributed by atoms with Crippen molar-refractivity contribution in [3.63, 3.8) is 0 Å². The topological polar surface area (TPSA) is 39.2 Å². The van der Waals surface area contributed by atoms with E-state index in [4.69, 9.17) is 4.74 Å². The number of benzene rings is 1. The van der Waals surface area contributed by atoms with E-state index < -0.39 is 11.6 Å². The van der Waals surface area contributed by atoms with Crippen LogP contribution in [0, 0.1) is 17.6 Å². The molecule has 0 amide bonds. The average Bonchev–Trinajstić information content (AvgIpc) is 3.27. The van der Waals surface area contributed by atoms with Crippen LogP contribution in [0.15, 0.2) is 36.5 Å². The van der Waals surface area contributed by atoms with Crippen LogP contribution in [0.2, 0.25) is 0 Å². The fourth-order valence-electron chi connectivity index (χ4n) is 2.46. The maximum Gasteiger partial charge on any atom is 0.309 e. The molecule has 1 aliphatic carbocycles. The molecule has 1 aromatic carbocycles. The van der Waals surface area contributed by atoms with Gasteiger partial charge in [-0.05, 0) is 36.1 Å². The van der Waals surface area contributed by atoms with E-state index in [2.05, 4.69) is 4.98 Å². The van der Waals surface area contributed by atoms with Crippen LogP contribution in [-0.2, 0) is 9.53 Å². The second-order valence-electron chi connectivity index (χ2n) is 5.07. The second kappa shape index (κ2) is 5.24. The number of ether oxygens (including phenoxy) is 1. The lowest BCUT2D eigenvalue weighted by Gasteiger charge is -2.05. The quantitative estimate of drug-likeness (QED) is 0.814. The zero-order chi connectivity index (χ0) is 15.0. The number of hydrogen-bond donors (Lipinski definition) is 0. The first kappa shape index (κ1) is 13.7. The van der Waals surface area contributed by atoms with Gasteiger partial charge in [0.15, 0.2) is 0 Å². The zero-order valence-electron chi connectivity index (χ0n) is 11.3. The number of esters is 1. The van der Waals surface area contributed by atoms with Crippen LogP contribution in [0.25, 0.3) is 11.3 Å². The lowest BCUT2D eigenvalue weighted by Crippen LogP contribution is -2.04. The van der Waals surface area contributed by atoms with Gasteiger partial charge in [-0.1, -0.05) is 6.07 Å². The number of pyridine rings is 1. The van der Waals surface area contributed by atoms with E-state index in [0.717, 1.165) is 18.1 Å². The van der Waals surface area contributed by atoms with E-state index >= 15 is 0 Å². The third-order valence-electron chi connectivity index (χ3n) is 3.72. The van der Waals surface area contributed by atoms with Crippen molar-refractivity contribution in [1.82, 2.24) is 4.98 Å². The summed E-state index contributed by atoms with van der Waals surface area (Å²) in [7, 11) is 1.37. The van der Waals surface area contributed by atoms with Gasteiger partial charge in [0.2, 0.25) is 0 Å². The van der Waals surface area contributed by atoms with Crippen molar-refractivity contribution in [2.45, 2.75) is 12.3 Å². The SMILES string of the molecule is COC(=O)C1CC1c1ccc(-c2ccc(F)cc2F)nc1. The largest absolute Gasteiger partial charge is 0.469 e. The van der Waals surface area contributed by atoms with Crippen molar-refractivity contribution >= 4 is 5.97 Å². The molecule has 0 saturated heterocycles. The van der Waals surface area contributed by atoms with Gasteiger partial charge in [0.1, 0.15) is 11.6 Å². The van der Waals surface area contributed by atoms with Gasteiger partial charge in [0.25, 0.3) is 0 Å². The summed E-state index contributed by atoms with van der Waals surface area (Å²) in [6.45, 7) is 0. The molecule has 0 N–H and O–H groups in total. The number of aromatic nitrogens is 1. The molecule has 0 radical (unpaired) electrons. The summed E-state index contributed by atoms with van der Waals surface area (Å²) in [4.78, 5) is 15.6. The van der Waals surface area contributed by atoms with Crippen LogP contribution in [0.3, 0.4) is 0 Å². The molecule has 5 heteroatoms. The Labute approximate surface area is 120 Å². The Morgan fingerprint density at radius 3 is 2.71 bits per heavy atom. The van der Waals surface area contributed by atoms with E-state index in [-0.39, 0.29) is 23.4 Å². The van der Waals surface area contributed by atoms with E-state index in [1.807, 2.05) is 6.07 Å². The average molecular weight is 289 g/mol. The number of rotatable bonds is 3. The summed E-state index contributed by atoms with van der Waals surface area (Å²) >= 11 is 0. The predicted octanol–water partition coefficient (Wildman–Crippen LogP) is 3.30. The molecule has 0 bridgehead atoms. The summed E-state index contributed by atoms with van der Waals surface area (Å²) in [6, 6.07) is 6.89. The lowest BCUT2D eigenvalue weighted by molar-refractivity contribution is -0.142. The molecule has 0 spiro atoms. The number of hydrogen-bond acceptors (Lipinski definition) is 3. The minimum absolute atomic E-state index is 0.106. The zero-order valence-corrected chi connectivity index (χ0v) is 11.3. The third kappa shape index (κ3) is 2.63. The summed E-state index contributed by atoms with van der Waals surface area (Å²) < 4.78 is 31.3. The summed E-state index contributed by atoms with van der Waals surface area (Å²) in [5.74, 6) is -1.46. The number of carbonyl (C=O) groups is 1. The maximum atomic E-state index is 13.7.